The summed E-state index contributed by atoms with van der Waals surface area (Å²) in [4.78, 5) is 15.5. The van der Waals surface area contributed by atoms with Crippen LogP contribution in [0.1, 0.15) is 19.3 Å². The van der Waals surface area contributed by atoms with Gasteiger partial charge in [0.1, 0.15) is 0 Å². The molecule has 4 rings (SSSR count). The molecule has 3 aliphatic rings. The van der Waals surface area contributed by atoms with Crippen molar-refractivity contribution in [3.05, 3.63) is 12.5 Å². The molecule has 0 radical (unpaired) electrons. The molecule has 2 bridgehead atoms. The van der Waals surface area contributed by atoms with Crippen LogP contribution in [-0.4, -0.2) is 40.8 Å². The van der Waals surface area contributed by atoms with E-state index in [1.54, 1.807) is 11.6 Å². The SMILES string of the molecule is Cn1cnc(S(=O)(=O)N2C[C@H]3CC[C@@H]2[C@H](C(N)=O)C3)c1. The Morgan fingerprint density at radius 2 is 2.20 bits per heavy atom. The molecule has 1 saturated carbocycles. The third-order valence-corrected chi connectivity index (χ3v) is 6.13. The number of fused-ring (bicyclic) bond motifs is 3. The van der Waals surface area contributed by atoms with E-state index < -0.39 is 15.9 Å². The summed E-state index contributed by atoms with van der Waals surface area (Å²) in [6, 6.07) is -0.315. The lowest BCUT2D eigenvalue weighted by Gasteiger charge is -2.47. The Morgan fingerprint density at radius 1 is 1.45 bits per heavy atom. The molecule has 3 atom stereocenters. The number of nitrogens with zero attached hydrogens (tertiary/aromatic N) is 3. The maximum Gasteiger partial charge on any atom is 0.262 e. The van der Waals surface area contributed by atoms with E-state index in [9.17, 15) is 13.2 Å². The van der Waals surface area contributed by atoms with Crippen molar-refractivity contribution in [1.29, 1.82) is 0 Å². The van der Waals surface area contributed by atoms with E-state index in [4.69, 9.17) is 5.73 Å². The highest BCUT2D eigenvalue weighted by molar-refractivity contribution is 7.89. The normalized spacial score (nSPS) is 30.6. The summed E-state index contributed by atoms with van der Waals surface area (Å²) in [6.07, 6.45) is 5.30. The van der Waals surface area contributed by atoms with Crippen LogP contribution >= 0.6 is 0 Å². The largest absolute Gasteiger partial charge is 0.369 e. The summed E-state index contributed by atoms with van der Waals surface area (Å²) in [5, 5.41) is 0.0378. The minimum atomic E-state index is -3.64. The number of rotatable bonds is 3. The molecule has 7 nitrogen and oxygen atoms in total. The number of hydrogen-bond acceptors (Lipinski definition) is 4. The van der Waals surface area contributed by atoms with Gasteiger partial charge in [0.25, 0.3) is 10.0 Å². The predicted octanol–water partition coefficient (Wildman–Crippen LogP) is -0.305. The second-order valence-corrected chi connectivity index (χ2v) is 7.54. The van der Waals surface area contributed by atoms with Crippen molar-refractivity contribution in [2.24, 2.45) is 24.6 Å². The van der Waals surface area contributed by atoms with Crippen molar-refractivity contribution in [3.63, 3.8) is 0 Å². The van der Waals surface area contributed by atoms with Gasteiger partial charge in [-0.1, -0.05) is 0 Å². The number of primary amides is 1. The molecule has 2 N–H and O–H groups in total. The zero-order valence-corrected chi connectivity index (χ0v) is 12.1. The number of piperidine rings is 2. The minimum absolute atomic E-state index is 0.0378. The van der Waals surface area contributed by atoms with Gasteiger partial charge in [0, 0.05) is 25.8 Å². The predicted molar refractivity (Wildman–Crippen MR) is 70.9 cm³/mol. The maximum absolute atomic E-state index is 12.7. The van der Waals surface area contributed by atoms with Crippen LogP contribution in [0.5, 0.6) is 0 Å². The second-order valence-electron chi connectivity index (χ2n) is 5.71. The number of imidazole rings is 1. The summed E-state index contributed by atoms with van der Waals surface area (Å²) in [6.45, 7) is 0.466. The van der Waals surface area contributed by atoms with Gasteiger partial charge in [-0.3, -0.25) is 4.79 Å². The average Bonchev–Trinajstić information content (AvgIpc) is 2.86. The lowest BCUT2D eigenvalue weighted by Crippen LogP contribution is -2.58. The molecular weight excluding hydrogens is 280 g/mol. The van der Waals surface area contributed by atoms with Gasteiger partial charge in [0.2, 0.25) is 5.91 Å². The number of sulfonamides is 1. The van der Waals surface area contributed by atoms with Gasteiger partial charge >= 0.3 is 0 Å². The first-order valence-electron chi connectivity index (χ1n) is 6.68. The van der Waals surface area contributed by atoms with Crippen LogP contribution in [-0.2, 0) is 21.9 Å². The number of nitrogens with two attached hydrogens (primary N) is 1. The third-order valence-electron chi connectivity index (χ3n) is 4.35. The Morgan fingerprint density at radius 3 is 2.75 bits per heavy atom. The van der Waals surface area contributed by atoms with Crippen molar-refractivity contribution in [1.82, 2.24) is 13.9 Å². The average molecular weight is 298 g/mol. The smallest absolute Gasteiger partial charge is 0.262 e. The lowest BCUT2D eigenvalue weighted by atomic mass is 9.74. The van der Waals surface area contributed by atoms with Crippen molar-refractivity contribution in [2.45, 2.75) is 30.3 Å². The molecule has 20 heavy (non-hydrogen) atoms. The van der Waals surface area contributed by atoms with E-state index in [0.717, 1.165) is 6.42 Å². The highest BCUT2D eigenvalue weighted by atomic mass is 32.2. The van der Waals surface area contributed by atoms with E-state index in [1.807, 2.05) is 0 Å². The molecule has 2 aliphatic heterocycles. The van der Waals surface area contributed by atoms with Crippen LogP contribution in [0.15, 0.2) is 17.6 Å². The topological polar surface area (TPSA) is 98.3 Å². The van der Waals surface area contributed by atoms with Crippen molar-refractivity contribution in [2.75, 3.05) is 6.54 Å². The molecule has 8 heteroatoms. The van der Waals surface area contributed by atoms with Gasteiger partial charge in [-0.05, 0) is 25.2 Å². The molecule has 1 aromatic rings. The standard InChI is InChI=1S/C12H18N4O3S/c1-15-6-11(14-7-15)20(18,19)16-5-8-2-3-10(16)9(4-8)12(13)17/h6-10H,2-5H2,1H3,(H2,13,17)/t8-,9+,10+/m0/s1. The molecule has 2 saturated heterocycles. The molecule has 0 spiro atoms. The van der Waals surface area contributed by atoms with Crippen molar-refractivity contribution in [3.8, 4) is 0 Å². The van der Waals surface area contributed by atoms with Crippen LogP contribution in [0.3, 0.4) is 0 Å². The quantitative estimate of drug-likeness (QED) is 0.828. The number of amides is 1. The Balaban J connectivity index is 1.96. The monoisotopic (exact) mass is 298 g/mol. The van der Waals surface area contributed by atoms with Gasteiger partial charge in [0.05, 0.1) is 12.2 Å². The number of hydrogen-bond donors (Lipinski definition) is 1. The fraction of sp³-hybridized carbons (Fsp3) is 0.667. The van der Waals surface area contributed by atoms with Gasteiger partial charge in [-0.15, -0.1) is 0 Å². The van der Waals surface area contributed by atoms with E-state index in [2.05, 4.69) is 4.98 Å². The molecule has 1 amide bonds. The van der Waals surface area contributed by atoms with Crippen molar-refractivity contribution < 1.29 is 13.2 Å². The van der Waals surface area contributed by atoms with Gasteiger partial charge in [0.15, 0.2) is 5.03 Å². The zero-order valence-electron chi connectivity index (χ0n) is 11.3. The summed E-state index contributed by atoms with van der Waals surface area (Å²) in [5.74, 6) is -0.558. The first-order valence-corrected chi connectivity index (χ1v) is 8.12. The van der Waals surface area contributed by atoms with E-state index in [-0.39, 0.29) is 22.9 Å². The molecule has 3 heterocycles. The number of carbonyl (C=O) groups is 1. The molecule has 0 aromatic carbocycles. The van der Waals surface area contributed by atoms with E-state index in [1.165, 1.54) is 16.8 Å². The molecule has 0 unspecified atom stereocenters. The third kappa shape index (κ3) is 2.03. The Kier molecular flexibility index (Phi) is 3.09. The number of carbonyl (C=O) groups excluding carboxylic acids is 1. The first kappa shape index (κ1) is 13.6. The van der Waals surface area contributed by atoms with E-state index in [0.29, 0.717) is 19.4 Å². The summed E-state index contributed by atoms with van der Waals surface area (Å²) < 4.78 is 28.3. The van der Waals surface area contributed by atoms with Gasteiger partial charge in [-0.2, -0.15) is 4.31 Å². The number of aromatic nitrogens is 2. The first-order chi connectivity index (χ1) is 9.39. The summed E-state index contributed by atoms with van der Waals surface area (Å²) in [7, 11) is -1.92. The van der Waals surface area contributed by atoms with Crippen molar-refractivity contribution >= 4 is 15.9 Å². The van der Waals surface area contributed by atoms with Crippen LogP contribution in [0.4, 0.5) is 0 Å². The molecule has 110 valence electrons. The molecule has 3 fully saturated rings. The highest BCUT2D eigenvalue weighted by Gasteiger charge is 2.48. The minimum Gasteiger partial charge on any atom is -0.369 e. The maximum atomic E-state index is 12.7. The Hall–Kier alpha value is -1.41. The Bertz CT molecular complexity index is 639. The number of aryl methyl sites for hydroxylation is 1. The summed E-state index contributed by atoms with van der Waals surface area (Å²) >= 11 is 0. The lowest BCUT2D eigenvalue weighted by molar-refractivity contribution is -0.127. The highest BCUT2D eigenvalue weighted by Crippen LogP contribution is 2.41. The molecular formula is C12H18N4O3S. The van der Waals surface area contributed by atoms with E-state index >= 15 is 0 Å². The van der Waals surface area contributed by atoms with Crippen LogP contribution < -0.4 is 5.73 Å². The summed E-state index contributed by atoms with van der Waals surface area (Å²) in [5.41, 5.74) is 5.42. The molecule has 1 aliphatic carbocycles. The second kappa shape index (κ2) is 4.56. The molecule has 1 aromatic heterocycles. The van der Waals surface area contributed by atoms with Crippen LogP contribution in [0, 0.1) is 11.8 Å². The van der Waals surface area contributed by atoms with Crippen LogP contribution in [0.25, 0.3) is 0 Å². The fourth-order valence-corrected chi connectivity index (χ4v) is 5.10. The zero-order chi connectivity index (χ0) is 14.5. The van der Waals surface area contributed by atoms with Gasteiger partial charge < -0.3 is 10.3 Å². The Labute approximate surface area is 117 Å². The fourth-order valence-electron chi connectivity index (χ4n) is 3.37. The van der Waals surface area contributed by atoms with Crippen LogP contribution in [0.2, 0.25) is 0 Å². The van der Waals surface area contributed by atoms with Gasteiger partial charge in [-0.25, -0.2) is 13.4 Å².